The van der Waals surface area contributed by atoms with Crippen LogP contribution >= 0.6 is 0 Å². The third-order valence-corrected chi connectivity index (χ3v) is 6.28. The lowest BCUT2D eigenvalue weighted by atomic mass is 10.0. The van der Waals surface area contributed by atoms with E-state index in [0.29, 0.717) is 5.75 Å². The van der Waals surface area contributed by atoms with Crippen LogP contribution in [0.3, 0.4) is 0 Å². The third-order valence-electron chi connectivity index (χ3n) is 6.28. The van der Waals surface area contributed by atoms with Gasteiger partial charge in [-0.3, -0.25) is 19.2 Å². The molecule has 4 rings (SSSR count). The molecule has 2 aliphatic rings. The normalized spacial score (nSPS) is 21.9. The van der Waals surface area contributed by atoms with E-state index in [0.717, 1.165) is 5.56 Å². The van der Waals surface area contributed by atoms with Gasteiger partial charge in [-0.15, -0.1) is 0 Å². The largest absolute Gasteiger partial charge is 0.491 e. The molecular weight excluding hydrogens is 464 g/mol. The Bertz CT molecular complexity index is 1120. The standard InChI is InChI=1S/C26H30N4O6/c1-29-11-12-36-22-10-6-5-9-19(22)24(33)28-21(26(35)30-15-18(31)16-30)14-23(32)27-20(25(29)34)13-17-7-3-2-4-8-17/h2-10,18,20-21,31H,11-16H2,1H3,(H,27,32)(H,28,33)/t20-,21+/m1/s1. The predicted molar refractivity (Wildman–Crippen MR) is 130 cm³/mol. The van der Waals surface area contributed by atoms with Gasteiger partial charge in [0.1, 0.15) is 24.4 Å². The van der Waals surface area contributed by atoms with E-state index in [1.54, 1.807) is 31.3 Å². The number of likely N-dealkylation sites (N-methyl/N-ethyl adjacent to an activating group) is 1. The first-order valence-corrected chi connectivity index (χ1v) is 11.9. The van der Waals surface area contributed by atoms with Crippen LogP contribution in [0, 0.1) is 0 Å². The van der Waals surface area contributed by atoms with E-state index in [2.05, 4.69) is 10.6 Å². The van der Waals surface area contributed by atoms with Gasteiger partial charge < -0.3 is 30.3 Å². The molecular formula is C26H30N4O6. The van der Waals surface area contributed by atoms with Crippen LogP contribution in [0.2, 0.25) is 0 Å². The summed E-state index contributed by atoms with van der Waals surface area (Å²) in [5.74, 6) is -1.56. The van der Waals surface area contributed by atoms with Gasteiger partial charge in [-0.1, -0.05) is 42.5 Å². The van der Waals surface area contributed by atoms with E-state index >= 15 is 0 Å². The number of hydrogen-bond acceptors (Lipinski definition) is 6. The van der Waals surface area contributed by atoms with E-state index < -0.39 is 35.9 Å². The van der Waals surface area contributed by atoms with Gasteiger partial charge in [0.25, 0.3) is 5.91 Å². The molecule has 2 atom stereocenters. The molecule has 10 nitrogen and oxygen atoms in total. The number of nitrogens with zero attached hydrogens (tertiary/aromatic N) is 2. The first kappa shape index (κ1) is 25.2. The number of carbonyl (C=O) groups excluding carboxylic acids is 4. The molecule has 1 saturated heterocycles. The Hall–Kier alpha value is -3.92. The van der Waals surface area contributed by atoms with E-state index in [-0.39, 0.29) is 50.6 Å². The van der Waals surface area contributed by atoms with E-state index in [1.165, 1.54) is 9.80 Å². The molecule has 0 aromatic heterocycles. The smallest absolute Gasteiger partial charge is 0.255 e. The highest BCUT2D eigenvalue weighted by Crippen LogP contribution is 2.19. The molecule has 0 bridgehead atoms. The monoisotopic (exact) mass is 494 g/mol. The van der Waals surface area contributed by atoms with Crippen molar-refractivity contribution in [2.45, 2.75) is 31.0 Å². The van der Waals surface area contributed by atoms with Gasteiger partial charge in [0.2, 0.25) is 17.7 Å². The van der Waals surface area contributed by atoms with Gasteiger partial charge in [0.05, 0.1) is 24.6 Å². The predicted octanol–water partition coefficient (Wildman–Crippen LogP) is -0.0435. The minimum Gasteiger partial charge on any atom is -0.491 e. The molecule has 3 N–H and O–H groups in total. The molecule has 2 aliphatic heterocycles. The fraction of sp³-hybridized carbons (Fsp3) is 0.385. The molecule has 0 spiro atoms. The second kappa shape index (κ2) is 11.2. The first-order chi connectivity index (χ1) is 17.3. The highest BCUT2D eigenvalue weighted by molar-refractivity contribution is 6.01. The molecule has 4 amide bonds. The molecule has 1 fully saturated rings. The van der Waals surface area contributed by atoms with Crippen LogP contribution in [0.25, 0.3) is 0 Å². The van der Waals surface area contributed by atoms with Gasteiger partial charge in [-0.25, -0.2) is 0 Å². The summed E-state index contributed by atoms with van der Waals surface area (Å²) in [4.78, 5) is 55.4. The van der Waals surface area contributed by atoms with Gasteiger partial charge >= 0.3 is 0 Å². The zero-order valence-electron chi connectivity index (χ0n) is 20.1. The fourth-order valence-electron chi connectivity index (χ4n) is 4.23. The van der Waals surface area contributed by atoms with Crippen molar-refractivity contribution in [3.63, 3.8) is 0 Å². The van der Waals surface area contributed by atoms with Crippen molar-refractivity contribution in [3.05, 3.63) is 65.7 Å². The Balaban J connectivity index is 1.62. The first-order valence-electron chi connectivity index (χ1n) is 11.9. The van der Waals surface area contributed by atoms with Crippen molar-refractivity contribution in [1.82, 2.24) is 20.4 Å². The second-order valence-corrected chi connectivity index (χ2v) is 9.04. The average molecular weight is 495 g/mol. The van der Waals surface area contributed by atoms with Crippen molar-refractivity contribution in [1.29, 1.82) is 0 Å². The number of ether oxygens (including phenoxy) is 1. The fourth-order valence-corrected chi connectivity index (χ4v) is 4.23. The van der Waals surface area contributed by atoms with Crippen LogP contribution in [0.4, 0.5) is 0 Å². The SMILES string of the molecule is CN1CCOc2ccccc2C(=O)N[C@H](C(=O)N2CC(O)C2)CC(=O)N[C@H](Cc2ccccc2)C1=O. The number of nitrogens with one attached hydrogen (secondary N) is 2. The number of para-hydroxylation sites is 1. The summed E-state index contributed by atoms with van der Waals surface area (Å²) in [6.07, 6.45) is -0.722. The highest BCUT2D eigenvalue weighted by atomic mass is 16.5. The summed E-state index contributed by atoms with van der Waals surface area (Å²) < 4.78 is 5.82. The molecule has 10 heteroatoms. The summed E-state index contributed by atoms with van der Waals surface area (Å²) in [5, 5.41) is 15.0. The van der Waals surface area contributed by atoms with Crippen LogP contribution in [0.5, 0.6) is 5.75 Å². The topological polar surface area (TPSA) is 128 Å². The zero-order valence-corrected chi connectivity index (χ0v) is 20.1. The van der Waals surface area contributed by atoms with Crippen molar-refractivity contribution < 1.29 is 29.0 Å². The Morgan fingerprint density at radius 1 is 1.03 bits per heavy atom. The van der Waals surface area contributed by atoms with Crippen LogP contribution in [0.15, 0.2) is 54.6 Å². The van der Waals surface area contributed by atoms with E-state index in [9.17, 15) is 24.3 Å². The van der Waals surface area contributed by atoms with Crippen molar-refractivity contribution in [2.24, 2.45) is 0 Å². The van der Waals surface area contributed by atoms with Crippen molar-refractivity contribution >= 4 is 23.6 Å². The van der Waals surface area contributed by atoms with Crippen LogP contribution in [-0.4, -0.2) is 90.0 Å². The van der Waals surface area contributed by atoms with Crippen LogP contribution < -0.4 is 15.4 Å². The number of benzene rings is 2. The number of hydrogen-bond donors (Lipinski definition) is 3. The number of rotatable bonds is 3. The minimum absolute atomic E-state index is 0.131. The summed E-state index contributed by atoms with van der Waals surface area (Å²) >= 11 is 0. The maximum atomic E-state index is 13.3. The zero-order chi connectivity index (χ0) is 25.7. The number of likely N-dealkylation sites (tertiary alicyclic amines) is 1. The van der Waals surface area contributed by atoms with E-state index in [4.69, 9.17) is 4.74 Å². The highest BCUT2D eigenvalue weighted by Gasteiger charge is 2.36. The van der Waals surface area contributed by atoms with Crippen molar-refractivity contribution in [2.75, 3.05) is 33.3 Å². The number of amides is 4. The lowest BCUT2D eigenvalue weighted by Crippen LogP contribution is -2.60. The Morgan fingerprint density at radius 3 is 2.44 bits per heavy atom. The Kier molecular flexibility index (Phi) is 7.84. The van der Waals surface area contributed by atoms with Crippen LogP contribution in [-0.2, 0) is 20.8 Å². The van der Waals surface area contributed by atoms with Gasteiger partial charge in [0, 0.05) is 26.6 Å². The molecule has 2 aromatic rings. The van der Waals surface area contributed by atoms with E-state index in [1.807, 2.05) is 30.3 Å². The van der Waals surface area contributed by atoms with Gasteiger partial charge in [-0.2, -0.15) is 0 Å². The number of carbonyl (C=O) groups is 4. The molecule has 190 valence electrons. The number of β-amino-alcohol motifs (C(OH)–C–C–N with tert-alkyl or cyclic N) is 1. The summed E-state index contributed by atoms with van der Waals surface area (Å²) in [5.41, 5.74) is 1.08. The minimum atomic E-state index is -1.17. The molecule has 0 aliphatic carbocycles. The Labute approximate surface area is 209 Å². The van der Waals surface area contributed by atoms with Crippen LogP contribution in [0.1, 0.15) is 22.3 Å². The average Bonchev–Trinajstić information content (AvgIpc) is 2.85. The third kappa shape index (κ3) is 6.01. The summed E-state index contributed by atoms with van der Waals surface area (Å²) in [7, 11) is 1.63. The molecule has 36 heavy (non-hydrogen) atoms. The molecule has 2 heterocycles. The number of fused-ring (bicyclic) bond motifs is 1. The summed E-state index contributed by atoms with van der Waals surface area (Å²) in [6, 6.07) is 13.9. The quantitative estimate of drug-likeness (QED) is 0.549. The number of aliphatic hydroxyl groups excluding tert-OH is 1. The molecule has 0 radical (unpaired) electrons. The number of aliphatic hydroxyl groups is 1. The summed E-state index contributed by atoms with van der Waals surface area (Å²) in [6.45, 7) is 0.639. The van der Waals surface area contributed by atoms with Crippen molar-refractivity contribution in [3.8, 4) is 5.75 Å². The lowest BCUT2D eigenvalue weighted by molar-refractivity contribution is -0.145. The molecule has 0 unspecified atom stereocenters. The maximum Gasteiger partial charge on any atom is 0.255 e. The molecule has 2 aromatic carbocycles. The second-order valence-electron chi connectivity index (χ2n) is 9.04. The lowest BCUT2D eigenvalue weighted by Gasteiger charge is -2.38. The van der Waals surface area contributed by atoms with Gasteiger partial charge in [0.15, 0.2) is 0 Å². The maximum absolute atomic E-state index is 13.3. The molecule has 0 saturated carbocycles. The van der Waals surface area contributed by atoms with Gasteiger partial charge in [-0.05, 0) is 17.7 Å². The Morgan fingerprint density at radius 2 is 1.72 bits per heavy atom.